The van der Waals surface area contributed by atoms with Crippen LogP contribution < -0.4 is 10.6 Å². The highest BCUT2D eigenvalue weighted by molar-refractivity contribution is 6.09. The topological polar surface area (TPSA) is 78.5 Å². The predicted octanol–water partition coefficient (Wildman–Crippen LogP) is 3.07. The summed E-state index contributed by atoms with van der Waals surface area (Å²) in [5, 5.41) is 5.44. The number of unbranched alkanes of at least 4 members (excludes halogenated alkanes) is 3. The van der Waals surface area contributed by atoms with Gasteiger partial charge < -0.3 is 10.6 Å². The van der Waals surface area contributed by atoms with Crippen molar-refractivity contribution >= 4 is 17.8 Å². The lowest BCUT2D eigenvalue weighted by molar-refractivity contribution is -0.135. The van der Waals surface area contributed by atoms with Gasteiger partial charge in [-0.05, 0) is 38.0 Å². The van der Waals surface area contributed by atoms with Crippen LogP contribution in [0.4, 0.5) is 9.18 Å². The summed E-state index contributed by atoms with van der Waals surface area (Å²) in [6, 6.07) is 4.73. The van der Waals surface area contributed by atoms with Gasteiger partial charge in [0.2, 0.25) is 5.91 Å². The lowest BCUT2D eigenvalue weighted by Crippen LogP contribution is -2.45. The molecule has 27 heavy (non-hydrogen) atoms. The molecule has 0 saturated carbocycles. The number of benzene rings is 1. The summed E-state index contributed by atoms with van der Waals surface area (Å²) in [6.07, 6.45) is 5.34. The van der Waals surface area contributed by atoms with Crippen molar-refractivity contribution in [2.45, 2.75) is 64.5 Å². The molecule has 2 rings (SSSR count). The number of nitrogens with zero attached hydrogens (tertiary/aromatic N) is 1. The highest BCUT2D eigenvalue weighted by Crippen LogP contribution is 2.28. The highest BCUT2D eigenvalue weighted by Gasteiger charge is 2.49. The van der Waals surface area contributed by atoms with Crippen molar-refractivity contribution in [1.82, 2.24) is 15.5 Å². The van der Waals surface area contributed by atoms with Gasteiger partial charge in [0.05, 0.1) is 0 Å². The standard InChI is InChI=1S/C20H28FN3O3/c1-4-5-6-7-8-14(2)22-17(25)13-24-18(26)20(3,23-19(24)27)15-9-11-16(21)12-10-15/h9-12,14H,4-8,13H2,1-3H3,(H,22,25)(H,23,27). The fourth-order valence-electron chi connectivity index (χ4n) is 3.23. The zero-order valence-electron chi connectivity index (χ0n) is 16.2. The number of urea groups is 1. The van der Waals surface area contributed by atoms with E-state index in [1.165, 1.54) is 30.7 Å². The number of imide groups is 1. The molecule has 0 aliphatic carbocycles. The van der Waals surface area contributed by atoms with Crippen LogP contribution in [0.5, 0.6) is 0 Å². The Morgan fingerprint density at radius 2 is 1.89 bits per heavy atom. The Kier molecular flexibility index (Phi) is 6.93. The van der Waals surface area contributed by atoms with Crippen molar-refractivity contribution in [3.05, 3.63) is 35.6 Å². The molecular formula is C20H28FN3O3. The average molecular weight is 377 g/mol. The van der Waals surface area contributed by atoms with Crippen molar-refractivity contribution in [2.24, 2.45) is 0 Å². The SMILES string of the molecule is CCCCCCC(C)NC(=O)CN1C(=O)NC(C)(c2ccc(F)cc2)C1=O. The normalized spacial score (nSPS) is 20.5. The van der Waals surface area contributed by atoms with Crippen LogP contribution in [0.1, 0.15) is 58.4 Å². The van der Waals surface area contributed by atoms with Crippen molar-refractivity contribution in [3.63, 3.8) is 0 Å². The zero-order chi connectivity index (χ0) is 20.0. The smallest absolute Gasteiger partial charge is 0.325 e. The van der Waals surface area contributed by atoms with Crippen LogP contribution in [0.2, 0.25) is 0 Å². The first kappa shape index (κ1) is 20.9. The van der Waals surface area contributed by atoms with Gasteiger partial charge in [0.25, 0.3) is 5.91 Å². The molecule has 1 aliphatic rings. The summed E-state index contributed by atoms with van der Waals surface area (Å²) < 4.78 is 13.1. The van der Waals surface area contributed by atoms with Crippen LogP contribution in [0.3, 0.4) is 0 Å². The van der Waals surface area contributed by atoms with Crippen LogP contribution in [0.25, 0.3) is 0 Å². The zero-order valence-corrected chi connectivity index (χ0v) is 16.2. The second-order valence-corrected chi connectivity index (χ2v) is 7.27. The molecule has 1 aromatic rings. The molecule has 1 aromatic carbocycles. The molecule has 1 aliphatic heterocycles. The number of hydrogen-bond donors (Lipinski definition) is 2. The molecule has 0 radical (unpaired) electrons. The predicted molar refractivity (Wildman–Crippen MR) is 100 cm³/mol. The van der Waals surface area contributed by atoms with E-state index in [0.29, 0.717) is 5.56 Å². The summed E-state index contributed by atoms with van der Waals surface area (Å²) in [4.78, 5) is 38.2. The molecule has 7 heteroatoms. The van der Waals surface area contributed by atoms with Crippen LogP contribution in [0.15, 0.2) is 24.3 Å². The second-order valence-electron chi connectivity index (χ2n) is 7.27. The van der Waals surface area contributed by atoms with Gasteiger partial charge >= 0.3 is 6.03 Å². The van der Waals surface area contributed by atoms with Crippen LogP contribution in [0, 0.1) is 5.82 Å². The number of hydrogen-bond acceptors (Lipinski definition) is 3. The van der Waals surface area contributed by atoms with E-state index in [1.807, 2.05) is 6.92 Å². The Hall–Kier alpha value is -2.44. The Bertz CT molecular complexity index is 692. The molecule has 1 saturated heterocycles. The van der Waals surface area contributed by atoms with Crippen molar-refractivity contribution in [2.75, 3.05) is 6.54 Å². The summed E-state index contributed by atoms with van der Waals surface area (Å²) in [7, 11) is 0. The third-order valence-corrected chi connectivity index (χ3v) is 4.90. The number of carbonyl (C=O) groups is 3. The summed E-state index contributed by atoms with van der Waals surface area (Å²) in [6.45, 7) is 5.27. The summed E-state index contributed by atoms with van der Waals surface area (Å²) in [5.41, 5.74) is -0.842. The van der Waals surface area contributed by atoms with Crippen molar-refractivity contribution < 1.29 is 18.8 Å². The van der Waals surface area contributed by atoms with Gasteiger partial charge in [0.1, 0.15) is 17.9 Å². The van der Waals surface area contributed by atoms with Crippen LogP contribution in [-0.2, 0) is 15.1 Å². The average Bonchev–Trinajstić information content (AvgIpc) is 2.83. The Morgan fingerprint density at radius 3 is 2.52 bits per heavy atom. The van der Waals surface area contributed by atoms with E-state index in [-0.39, 0.29) is 18.5 Å². The molecule has 4 amide bonds. The fourth-order valence-corrected chi connectivity index (χ4v) is 3.23. The molecule has 2 atom stereocenters. The molecule has 1 heterocycles. The number of amides is 4. The van der Waals surface area contributed by atoms with Crippen LogP contribution in [-0.4, -0.2) is 35.3 Å². The minimum absolute atomic E-state index is 0.0152. The molecule has 2 N–H and O–H groups in total. The minimum atomic E-state index is -1.31. The van der Waals surface area contributed by atoms with E-state index in [9.17, 15) is 18.8 Å². The van der Waals surface area contributed by atoms with Crippen molar-refractivity contribution in [3.8, 4) is 0 Å². The Morgan fingerprint density at radius 1 is 1.22 bits per heavy atom. The molecular weight excluding hydrogens is 349 g/mol. The van der Waals surface area contributed by atoms with Gasteiger partial charge in [0, 0.05) is 6.04 Å². The summed E-state index contributed by atoms with van der Waals surface area (Å²) >= 11 is 0. The third kappa shape index (κ3) is 5.05. The first-order chi connectivity index (χ1) is 12.8. The Balaban J connectivity index is 1.94. The van der Waals surface area contributed by atoms with Gasteiger partial charge in [-0.15, -0.1) is 0 Å². The number of nitrogens with one attached hydrogen (secondary N) is 2. The van der Waals surface area contributed by atoms with Gasteiger partial charge in [-0.3, -0.25) is 14.5 Å². The maximum Gasteiger partial charge on any atom is 0.325 e. The van der Waals surface area contributed by atoms with Gasteiger partial charge in [-0.1, -0.05) is 44.7 Å². The third-order valence-electron chi connectivity index (χ3n) is 4.90. The maximum atomic E-state index is 13.1. The second kappa shape index (κ2) is 8.97. The fraction of sp³-hybridized carbons (Fsp3) is 0.550. The first-order valence-electron chi connectivity index (χ1n) is 9.47. The van der Waals surface area contributed by atoms with E-state index in [4.69, 9.17) is 0 Å². The van der Waals surface area contributed by atoms with E-state index < -0.39 is 23.3 Å². The molecule has 0 aromatic heterocycles. The van der Waals surface area contributed by atoms with Crippen molar-refractivity contribution in [1.29, 1.82) is 0 Å². The van der Waals surface area contributed by atoms with E-state index in [2.05, 4.69) is 17.6 Å². The molecule has 0 spiro atoms. The van der Waals surface area contributed by atoms with E-state index in [0.717, 1.165) is 30.6 Å². The molecule has 2 unspecified atom stereocenters. The molecule has 148 valence electrons. The van der Waals surface area contributed by atoms with E-state index >= 15 is 0 Å². The monoisotopic (exact) mass is 377 g/mol. The quantitative estimate of drug-likeness (QED) is 0.513. The maximum absolute atomic E-state index is 13.1. The number of rotatable bonds is 9. The van der Waals surface area contributed by atoms with Gasteiger partial charge in [-0.25, -0.2) is 9.18 Å². The highest BCUT2D eigenvalue weighted by atomic mass is 19.1. The minimum Gasteiger partial charge on any atom is -0.352 e. The number of halogens is 1. The molecule has 0 bridgehead atoms. The van der Waals surface area contributed by atoms with Gasteiger partial charge in [0.15, 0.2) is 0 Å². The summed E-state index contributed by atoms with van der Waals surface area (Å²) in [5.74, 6) is -1.32. The lowest BCUT2D eigenvalue weighted by atomic mass is 9.92. The van der Waals surface area contributed by atoms with Crippen LogP contribution >= 0.6 is 0 Å². The van der Waals surface area contributed by atoms with E-state index in [1.54, 1.807) is 6.92 Å². The lowest BCUT2D eigenvalue weighted by Gasteiger charge is -2.22. The molecule has 1 fully saturated rings. The van der Waals surface area contributed by atoms with Gasteiger partial charge in [-0.2, -0.15) is 0 Å². The number of carbonyl (C=O) groups excluding carboxylic acids is 3. The Labute approximate surface area is 159 Å². The largest absolute Gasteiger partial charge is 0.352 e. The molecule has 6 nitrogen and oxygen atoms in total. The first-order valence-corrected chi connectivity index (χ1v) is 9.47.